The minimum Gasteiger partial charge on any atom is -0.481 e. The van der Waals surface area contributed by atoms with E-state index in [-0.39, 0.29) is 30.2 Å². The van der Waals surface area contributed by atoms with Crippen molar-refractivity contribution >= 4 is 17.8 Å². The van der Waals surface area contributed by atoms with Crippen LogP contribution in [0, 0.1) is 5.41 Å². The molecule has 1 aromatic rings. The number of carboxylic acids is 1. The van der Waals surface area contributed by atoms with Crippen molar-refractivity contribution in [2.75, 3.05) is 13.1 Å². The van der Waals surface area contributed by atoms with Crippen LogP contribution < -0.4 is 5.32 Å². The average Bonchev–Trinajstić information content (AvgIpc) is 2.66. The molecule has 2 aliphatic rings. The first-order chi connectivity index (χ1) is 13.4. The highest BCUT2D eigenvalue weighted by atomic mass is 16.4. The second-order valence-corrected chi connectivity index (χ2v) is 8.15. The van der Waals surface area contributed by atoms with Crippen molar-refractivity contribution in [3.05, 3.63) is 35.9 Å². The lowest BCUT2D eigenvalue weighted by Crippen LogP contribution is -2.49. The molecule has 1 aliphatic carbocycles. The van der Waals surface area contributed by atoms with Crippen molar-refractivity contribution < 1.29 is 19.5 Å². The van der Waals surface area contributed by atoms with Crippen LogP contribution >= 0.6 is 0 Å². The third-order valence-corrected chi connectivity index (χ3v) is 6.34. The van der Waals surface area contributed by atoms with Crippen molar-refractivity contribution in [2.45, 2.75) is 63.8 Å². The number of hydrogen-bond donors (Lipinski definition) is 2. The standard InChI is InChI=1S/C22H30N2O4/c1-2-18(16-7-4-3-5-8-16)20(26)24-13-9-17(10-14-24)23-19(25)15-22(21(27)28)11-6-12-22/h3-5,7-8,17-18H,2,6,9-15H2,1H3,(H,23,25)(H,27,28). The van der Waals surface area contributed by atoms with Crippen molar-refractivity contribution in [3.63, 3.8) is 0 Å². The van der Waals surface area contributed by atoms with Gasteiger partial charge in [-0.2, -0.15) is 0 Å². The predicted molar refractivity (Wildman–Crippen MR) is 106 cm³/mol. The van der Waals surface area contributed by atoms with Gasteiger partial charge in [-0.3, -0.25) is 14.4 Å². The fourth-order valence-corrected chi connectivity index (χ4v) is 4.36. The highest BCUT2D eigenvalue weighted by Gasteiger charge is 2.46. The van der Waals surface area contributed by atoms with Crippen molar-refractivity contribution in [1.82, 2.24) is 10.2 Å². The van der Waals surface area contributed by atoms with Crippen LogP contribution in [0.2, 0.25) is 0 Å². The fourth-order valence-electron chi connectivity index (χ4n) is 4.36. The van der Waals surface area contributed by atoms with Crippen LogP contribution in [0.1, 0.15) is 63.4 Å². The Morgan fingerprint density at radius 1 is 1.18 bits per heavy atom. The number of likely N-dealkylation sites (tertiary alicyclic amines) is 1. The van der Waals surface area contributed by atoms with Crippen LogP contribution in [0.4, 0.5) is 0 Å². The number of nitrogens with one attached hydrogen (secondary N) is 1. The molecule has 28 heavy (non-hydrogen) atoms. The van der Waals surface area contributed by atoms with Crippen molar-refractivity contribution in [1.29, 1.82) is 0 Å². The van der Waals surface area contributed by atoms with E-state index in [0.29, 0.717) is 38.8 Å². The van der Waals surface area contributed by atoms with Crippen LogP contribution in [-0.4, -0.2) is 46.9 Å². The molecule has 1 aliphatic heterocycles. The van der Waals surface area contributed by atoms with Crippen LogP contribution in [0.25, 0.3) is 0 Å². The maximum atomic E-state index is 12.9. The van der Waals surface area contributed by atoms with Gasteiger partial charge in [-0.15, -0.1) is 0 Å². The highest BCUT2D eigenvalue weighted by molar-refractivity contribution is 5.86. The van der Waals surface area contributed by atoms with Gasteiger partial charge in [-0.25, -0.2) is 0 Å². The summed E-state index contributed by atoms with van der Waals surface area (Å²) < 4.78 is 0. The Morgan fingerprint density at radius 2 is 1.82 bits per heavy atom. The molecule has 2 N–H and O–H groups in total. The summed E-state index contributed by atoms with van der Waals surface area (Å²) in [5.41, 5.74) is 0.190. The Hall–Kier alpha value is -2.37. The number of hydrogen-bond acceptors (Lipinski definition) is 3. The Labute approximate surface area is 166 Å². The molecule has 6 heteroatoms. The van der Waals surface area contributed by atoms with E-state index in [4.69, 9.17) is 0 Å². The minimum atomic E-state index is -0.860. The summed E-state index contributed by atoms with van der Waals surface area (Å²) in [5, 5.41) is 12.4. The average molecular weight is 386 g/mol. The molecule has 0 spiro atoms. The van der Waals surface area contributed by atoms with Gasteiger partial charge in [-0.1, -0.05) is 43.7 Å². The van der Waals surface area contributed by atoms with Crippen LogP contribution in [0.15, 0.2) is 30.3 Å². The third-order valence-electron chi connectivity index (χ3n) is 6.34. The fraction of sp³-hybridized carbons (Fsp3) is 0.591. The first-order valence-corrected chi connectivity index (χ1v) is 10.3. The molecule has 152 valence electrons. The molecule has 1 saturated carbocycles. The SMILES string of the molecule is CCC(C(=O)N1CCC(NC(=O)CC2(C(=O)O)CCC2)CC1)c1ccccc1. The molecular formula is C22H30N2O4. The maximum absolute atomic E-state index is 12.9. The molecule has 3 rings (SSSR count). The Kier molecular flexibility index (Phi) is 6.37. The smallest absolute Gasteiger partial charge is 0.310 e. The lowest BCUT2D eigenvalue weighted by atomic mass is 9.66. The first kappa shape index (κ1) is 20.4. The predicted octanol–water partition coefficient (Wildman–Crippen LogP) is 2.93. The molecular weight excluding hydrogens is 356 g/mol. The number of piperidine rings is 1. The molecule has 0 bridgehead atoms. The zero-order chi connectivity index (χ0) is 20.1. The Bertz CT molecular complexity index is 707. The number of carbonyl (C=O) groups excluding carboxylic acids is 2. The minimum absolute atomic E-state index is 0.0132. The maximum Gasteiger partial charge on any atom is 0.310 e. The molecule has 2 fully saturated rings. The number of aliphatic carboxylic acids is 1. The van der Waals surface area contributed by atoms with Gasteiger partial charge in [0.15, 0.2) is 0 Å². The molecule has 1 unspecified atom stereocenters. The molecule has 0 radical (unpaired) electrons. The molecule has 1 atom stereocenters. The van der Waals surface area contributed by atoms with Gasteiger partial charge >= 0.3 is 5.97 Å². The second kappa shape index (κ2) is 8.76. The zero-order valence-electron chi connectivity index (χ0n) is 16.5. The van der Waals surface area contributed by atoms with Gasteiger partial charge < -0.3 is 15.3 Å². The zero-order valence-corrected chi connectivity index (χ0v) is 16.5. The van der Waals surface area contributed by atoms with Crippen LogP contribution in [-0.2, 0) is 14.4 Å². The Balaban J connectivity index is 1.49. The van der Waals surface area contributed by atoms with E-state index in [2.05, 4.69) is 5.32 Å². The summed E-state index contributed by atoms with van der Waals surface area (Å²) in [6.45, 7) is 3.27. The molecule has 0 aromatic heterocycles. The summed E-state index contributed by atoms with van der Waals surface area (Å²) in [5.74, 6) is -1.01. The topological polar surface area (TPSA) is 86.7 Å². The monoisotopic (exact) mass is 386 g/mol. The van der Waals surface area contributed by atoms with Gasteiger partial charge in [0.25, 0.3) is 0 Å². The van der Waals surface area contributed by atoms with Gasteiger partial charge in [-0.05, 0) is 37.7 Å². The lowest BCUT2D eigenvalue weighted by molar-refractivity contribution is -0.157. The van der Waals surface area contributed by atoms with Gasteiger partial charge in [0.2, 0.25) is 11.8 Å². The molecule has 1 heterocycles. The van der Waals surface area contributed by atoms with E-state index < -0.39 is 11.4 Å². The van der Waals surface area contributed by atoms with E-state index in [9.17, 15) is 19.5 Å². The first-order valence-electron chi connectivity index (χ1n) is 10.3. The number of amides is 2. The molecule has 1 aromatic carbocycles. The van der Waals surface area contributed by atoms with Gasteiger partial charge in [0.1, 0.15) is 0 Å². The number of carbonyl (C=O) groups is 3. The van der Waals surface area contributed by atoms with E-state index in [1.54, 1.807) is 0 Å². The normalized spacial score (nSPS) is 20.1. The van der Waals surface area contributed by atoms with Crippen molar-refractivity contribution in [3.8, 4) is 0 Å². The summed E-state index contributed by atoms with van der Waals surface area (Å²) in [7, 11) is 0. The summed E-state index contributed by atoms with van der Waals surface area (Å²) >= 11 is 0. The lowest BCUT2D eigenvalue weighted by Gasteiger charge is -2.38. The quantitative estimate of drug-likeness (QED) is 0.754. The Morgan fingerprint density at radius 3 is 2.32 bits per heavy atom. The van der Waals surface area contributed by atoms with Crippen LogP contribution in [0.3, 0.4) is 0 Å². The number of benzene rings is 1. The van der Waals surface area contributed by atoms with E-state index in [1.165, 1.54) is 0 Å². The van der Waals surface area contributed by atoms with E-state index in [0.717, 1.165) is 18.4 Å². The number of rotatable bonds is 7. The van der Waals surface area contributed by atoms with Crippen LogP contribution in [0.5, 0.6) is 0 Å². The summed E-state index contributed by atoms with van der Waals surface area (Å²) in [4.78, 5) is 38.6. The van der Waals surface area contributed by atoms with Crippen molar-refractivity contribution in [2.24, 2.45) is 5.41 Å². The van der Waals surface area contributed by atoms with Gasteiger partial charge in [0, 0.05) is 25.6 Å². The molecule has 2 amide bonds. The highest BCUT2D eigenvalue weighted by Crippen LogP contribution is 2.44. The summed E-state index contributed by atoms with van der Waals surface area (Å²) in [6, 6.07) is 9.87. The van der Waals surface area contributed by atoms with E-state index >= 15 is 0 Å². The van der Waals surface area contributed by atoms with Gasteiger partial charge in [0.05, 0.1) is 11.3 Å². The summed E-state index contributed by atoms with van der Waals surface area (Å²) in [6.07, 6.45) is 4.29. The van der Waals surface area contributed by atoms with E-state index in [1.807, 2.05) is 42.2 Å². The number of carboxylic acid groups (broad SMARTS) is 1. The molecule has 6 nitrogen and oxygen atoms in total. The largest absolute Gasteiger partial charge is 0.481 e. The number of nitrogens with zero attached hydrogens (tertiary/aromatic N) is 1. The second-order valence-electron chi connectivity index (χ2n) is 8.15. The molecule has 1 saturated heterocycles. The third kappa shape index (κ3) is 4.37.